The van der Waals surface area contributed by atoms with Gasteiger partial charge in [-0.15, -0.1) is 0 Å². The predicted octanol–water partition coefficient (Wildman–Crippen LogP) is 5.54. The number of morpholine rings is 2. The number of rotatable bonds is 0. The quantitative estimate of drug-likeness (QED) is 0.343. The van der Waals surface area contributed by atoms with Gasteiger partial charge in [0.25, 0.3) is 0 Å². The fourth-order valence-corrected chi connectivity index (χ4v) is 23.6. The highest BCUT2D eigenvalue weighted by molar-refractivity contribution is 5.31. The molecular formula is C47H66N4O2. The van der Waals surface area contributed by atoms with Gasteiger partial charge in [-0.25, -0.2) is 0 Å². The highest BCUT2D eigenvalue weighted by Gasteiger charge is 2.79. The summed E-state index contributed by atoms with van der Waals surface area (Å²) in [7, 11) is 0. The Labute approximate surface area is 317 Å². The summed E-state index contributed by atoms with van der Waals surface area (Å²) in [4.78, 5) is 6.72. The van der Waals surface area contributed by atoms with E-state index in [-0.39, 0.29) is 0 Å². The molecule has 7 heterocycles. The van der Waals surface area contributed by atoms with Gasteiger partial charge in [-0.05, 0) is 178 Å². The monoisotopic (exact) mass is 719 g/mol. The van der Waals surface area contributed by atoms with Crippen LogP contribution >= 0.6 is 0 Å². The molecule has 0 amide bonds. The van der Waals surface area contributed by atoms with E-state index in [1.54, 1.807) is 64.2 Å². The van der Waals surface area contributed by atoms with Crippen molar-refractivity contribution in [2.75, 3.05) is 13.1 Å². The molecule has 0 aromatic carbocycles. The Hall–Kier alpha value is -0.240. The third-order valence-electron chi connectivity index (χ3n) is 23.9. The second-order valence-electron chi connectivity index (χ2n) is 24.5. The number of ether oxygens (including phenoxy) is 2. The summed E-state index contributed by atoms with van der Waals surface area (Å²) in [5.41, 5.74) is 0.771. The van der Waals surface area contributed by atoms with Crippen molar-refractivity contribution in [2.45, 2.75) is 175 Å². The van der Waals surface area contributed by atoms with E-state index in [1.165, 1.54) is 51.6 Å². The van der Waals surface area contributed by atoms with E-state index in [0.717, 1.165) is 124 Å². The molecule has 0 aromatic heterocycles. The average Bonchev–Trinajstić information content (AvgIpc) is 3.90. The maximum Gasteiger partial charge on any atom is 0.0806 e. The smallest absolute Gasteiger partial charge is 0.0806 e. The molecule has 0 aromatic rings. The lowest BCUT2D eigenvalue weighted by atomic mass is 9.54. The summed E-state index contributed by atoms with van der Waals surface area (Å²) in [6.07, 6.45) is 26.0. The molecule has 11 saturated carbocycles. The topological polar surface area (TPSA) is 49.0 Å². The molecule has 11 aliphatic carbocycles. The minimum Gasteiger partial charge on any atom is -0.371 e. The number of nitrogens with zero attached hydrogens (tertiary/aromatic N) is 2. The van der Waals surface area contributed by atoms with E-state index in [0.29, 0.717) is 48.6 Å². The SMILES string of the molecule is C1CC2OC3C4C5C6C7CC8CC(CC(C8)C6NCC5N5C6CNC8C9CC%10CC%11CC(CC%10%11C9)C8C6C(C6OC8CCCC9C(C1)C2N(C89)C36)C45)C7. The van der Waals surface area contributed by atoms with Gasteiger partial charge in [-0.2, -0.15) is 0 Å². The third kappa shape index (κ3) is 3.21. The Balaban J connectivity index is 0.861. The fourth-order valence-electron chi connectivity index (χ4n) is 23.6. The van der Waals surface area contributed by atoms with Crippen LogP contribution in [0.15, 0.2) is 0 Å². The molecule has 27 atom stereocenters. The summed E-state index contributed by atoms with van der Waals surface area (Å²) < 4.78 is 16.0. The maximum atomic E-state index is 8.03. The Morgan fingerprint density at radius 2 is 1.06 bits per heavy atom. The number of hydrogen-bond acceptors (Lipinski definition) is 6. The Bertz CT molecular complexity index is 1630. The summed E-state index contributed by atoms with van der Waals surface area (Å²) in [6, 6.07) is 5.66. The average molecular weight is 719 g/mol. The zero-order chi connectivity index (χ0) is 33.4. The fraction of sp³-hybridized carbons (Fsp3) is 1.00. The summed E-state index contributed by atoms with van der Waals surface area (Å²) in [5.74, 6) is 14.8. The standard InChI is InChI=1S/C47H66N4O2/c1-3-27-28-4-2-6-32-42(28)51-41(27)31(5-1)52-45-37-35-29(17-48-39-22-10-19-7-20(11-22)9-21(8-19)33(35)39)50-30-18-49-40-24-13-26-14-25-12-23(15-47(25,26)16-24)34(40)36(30)38(43(37)50)46(53-32)44(45)51/h19-46,48-49H,1-18H2. The van der Waals surface area contributed by atoms with Crippen LogP contribution in [0.2, 0.25) is 0 Å². The van der Waals surface area contributed by atoms with Crippen molar-refractivity contribution in [1.82, 2.24) is 20.4 Å². The van der Waals surface area contributed by atoms with Gasteiger partial charge in [0.05, 0.1) is 30.5 Å². The number of hydrogen-bond donors (Lipinski definition) is 2. The first-order valence-corrected chi connectivity index (χ1v) is 24.5. The molecule has 18 fully saturated rings. The van der Waals surface area contributed by atoms with Gasteiger partial charge in [0.15, 0.2) is 0 Å². The number of piperidine rings is 2. The first-order chi connectivity index (χ1) is 26.2. The van der Waals surface area contributed by atoms with Crippen molar-refractivity contribution in [3.63, 3.8) is 0 Å². The summed E-state index contributed by atoms with van der Waals surface area (Å²) in [6.45, 7) is 2.55. The minimum absolute atomic E-state index is 0.410. The molecule has 27 unspecified atom stereocenters. The van der Waals surface area contributed by atoms with Gasteiger partial charge in [0.2, 0.25) is 0 Å². The Morgan fingerprint density at radius 3 is 1.74 bits per heavy atom. The van der Waals surface area contributed by atoms with Gasteiger partial charge in [0, 0.05) is 67.2 Å². The van der Waals surface area contributed by atoms with Crippen molar-refractivity contribution in [1.29, 1.82) is 0 Å². The molecule has 6 heteroatoms. The summed E-state index contributed by atoms with van der Waals surface area (Å²) >= 11 is 0. The highest BCUT2D eigenvalue weighted by atomic mass is 16.5. The normalized spacial score (nSPS) is 72.7. The maximum absolute atomic E-state index is 8.03. The van der Waals surface area contributed by atoms with E-state index in [1.807, 2.05) is 0 Å². The van der Waals surface area contributed by atoms with Crippen LogP contribution in [-0.4, -0.2) is 95.6 Å². The lowest BCUT2D eigenvalue weighted by molar-refractivity contribution is -0.291. The van der Waals surface area contributed by atoms with E-state index in [9.17, 15) is 0 Å². The van der Waals surface area contributed by atoms with Crippen LogP contribution in [0, 0.1) is 100 Å². The Morgan fingerprint density at radius 1 is 0.472 bits per heavy atom. The molecule has 2 N–H and O–H groups in total. The third-order valence-corrected chi connectivity index (χ3v) is 23.9. The molecule has 0 radical (unpaired) electrons. The largest absolute Gasteiger partial charge is 0.371 e. The minimum atomic E-state index is 0.410. The lowest BCUT2D eigenvalue weighted by Gasteiger charge is -2.65. The molecule has 7 bridgehead atoms. The molecule has 1 spiro atoms. The van der Waals surface area contributed by atoms with E-state index >= 15 is 0 Å². The zero-order valence-corrected chi connectivity index (χ0v) is 32.1. The molecule has 7 saturated heterocycles. The van der Waals surface area contributed by atoms with Crippen molar-refractivity contribution in [3.8, 4) is 0 Å². The van der Waals surface area contributed by atoms with Gasteiger partial charge >= 0.3 is 0 Å². The molecule has 6 nitrogen and oxygen atoms in total. The molecule has 18 aliphatic rings. The zero-order valence-electron chi connectivity index (χ0n) is 32.1. The van der Waals surface area contributed by atoms with Crippen LogP contribution in [0.3, 0.4) is 0 Å². The molecule has 53 heavy (non-hydrogen) atoms. The van der Waals surface area contributed by atoms with E-state index < -0.39 is 0 Å². The molecular weight excluding hydrogens is 653 g/mol. The Kier molecular flexibility index (Phi) is 5.42. The van der Waals surface area contributed by atoms with Crippen molar-refractivity contribution in [3.05, 3.63) is 0 Å². The van der Waals surface area contributed by atoms with Crippen LogP contribution in [-0.2, 0) is 9.47 Å². The van der Waals surface area contributed by atoms with Gasteiger partial charge in [0.1, 0.15) is 0 Å². The number of fused-ring (bicyclic) bond motifs is 15. The lowest BCUT2D eigenvalue weighted by Crippen LogP contribution is -2.77. The van der Waals surface area contributed by atoms with Crippen molar-refractivity contribution in [2.24, 2.45) is 100 Å². The van der Waals surface area contributed by atoms with Crippen LogP contribution in [0.1, 0.15) is 103 Å². The first kappa shape index (κ1) is 29.9. The van der Waals surface area contributed by atoms with Crippen molar-refractivity contribution >= 4 is 0 Å². The van der Waals surface area contributed by atoms with Crippen LogP contribution < -0.4 is 10.6 Å². The van der Waals surface area contributed by atoms with Crippen LogP contribution in [0.5, 0.6) is 0 Å². The van der Waals surface area contributed by atoms with Crippen LogP contribution in [0.4, 0.5) is 0 Å². The predicted molar refractivity (Wildman–Crippen MR) is 199 cm³/mol. The van der Waals surface area contributed by atoms with E-state index in [2.05, 4.69) is 20.4 Å². The first-order valence-electron chi connectivity index (χ1n) is 24.5. The molecule has 7 aliphatic heterocycles. The van der Waals surface area contributed by atoms with Crippen molar-refractivity contribution < 1.29 is 9.47 Å². The summed E-state index contributed by atoms with van der Waals surface area (Å²) in [5, 5.41) is 9.07. The van der Waals surface area contributed by atoms with E-state index in [4.69, 9.17) is 9.47 Å². The number of nitrogens with one attached hydrogen (secondary N) is 2. The molecule has 286 valence electrons. The molecule has 18 rings (SSSR count). The second-order valence-corrected chi connectivity index (χ2v) is 24.5. The van der Waals surface area contributed by atoms with Crippen LogP contribution in [0.25, 0.3) is 0 Å². The highest BCUT2D eigenvalue weighted by Crippen LogP contribution is 2.77. The second kappa shape index (κ2) is 9.62. The van der Waals surface area contributed by atoms with Gasteiger partial charge in [-0.3, -0.25) is 9.80 Å². The van der Waals surface area contributed by atoms with Gasteiger partial charge < -0.3 is 20.1 Å². The van der Waals surface area contributed by atoms with Gasteiger partial charge in [-0.1, -0.05) is 12.8 Å².